The number of aliphatic hydroxyl groups is 2. The lowest BCUT2D eigenvalue weighted by atomic mass is 9.99. The summed E-state index contributed by atoms with van der Waals surface area (Å²) in [6.07, 6.45) is -1.62. The molecule has 0 aliphatic heterocycles. The Morgan fingerprint density at radius 3 is 2.36 bits per heavy atom. The molecule has 0 amide bonds. The Balaban J connectivity index is 0.00000169. The molecule has 0 spiro atoms. The largest absolute Gasteiger partial charge is 0.390 e. The molecule has 4 N–H and O–H groups in total. The molecule has 2 atom stereocenters. The first-order valence-corrected chi connectivity index (χ1v) is 4.30. The van der Waals surface area contributed by atoms with Crippen LogP contribution in [0.15, 0.2) is 24.3 Å². The molecule has 0 radical (unpaired) electrons. The standard InChI is InChI=1S/C10H15NO2.ClH/c1-7(12)10(13)9-5-3-2-4-8(9)6-11;/h2-5,7,10,12-13H,6,11H2,1H3;1H/t7-,10-;/m0./s1. The molecular weight excluding hydrogens is 202 g/mol. The Morgan fingerprint density at radius 2 is 1.86 bits per heavy atom. The van der Waals surface area contributed by atoms with E-state index in [0.717, 1.165) is 5.56 Å². The first kappa shape index (κ1) is 13.4. The van der Waals surface area contributed by atoms with E-state index in [2.05, 4.69) is 0 Å². The van der Waals surface area contributed by atoms with Crippen molar-refractivity contribution in [1.29, 1.82) is 0 Å². The molecule has 3 nitrogen and oxygen atoms in total. The van der Waals surface area contributed by atoms with Gasteiger partial charge in [-0.3, -0.25) is 0 Å². The summed E-state index contributed by atoms with van der Waals surface area (Å²) in [5, 5.41) is 18.8. The van der Waals surface area contributed by atoms with Gasteiger partial charge in [-0.1, -0.05) is 24.3 Å². The van der Waals surface area contributed by atoms with Crippen LogP contribution < -0.4 is 5.73 Å². The molecule has 0 aromatic heterocycles. The summed E-state index contributed by atoms with van der Waals surface area (Å²) in [5.74, 6) is 0. The van der Waals surface area contributed by atoms with Crippen LogP contribution in [0.5, 0.6) is 0 Å². The van der Waals surface area contributed by atoms with Crippen molar-refractivity contribution in [3.05, 3.63) is 35.4 Å². The normalized spacial score (nSPS) is 14.3. The van der Waals surface area contributed by atoms with E-state index in [4.69, 9.17) is 5.73 Å². The fourth-order valence-electron chi connectivity index (χ4n) is 1.27. The number of hydrogen-bond donors (Lipinski definition) is 3. The first-order valence-electron chi connectivity index (χ1n) is 4.30. The van der Waals surface area contributed by atoms with Crippen LogP contribution in [0.1, 0.15) is 24.2 Å². The van der Waals surface area contributed by atoms with Crippen LogP contribution in [-0.4, -0.2) is 16.3 Å². The van der Waals surface area contributed by atoms with E-state index in [1.807, 2.05) is 18.2 Å². The van der Waals surface area contributed by atoms with Crippen molar-refractivity contribution in [3.8, 4) is 0 Å². The predicted octanol–water partition coefficient (Wildman–Crippen LogP) is 0.981. The molecule has 80 valence electrons. The maximum atomic E-state index is 9.60. The summed E-state index contributed by atoms with van der Waals surface area (Å²) < 4.78 is 0. The van der Waals surface area contributed by atoms with Gasteiger partial charge in [0.2, 0.25) is 0 Å². The smallest absolute Gasteiger partial charge is 0.105 e. The SMILES string of the molecule is C[C@H](O)[C@H](O)c1ccccc1CN.Cl. The summed E-state index contributed by atoms with van der Waals surface area (Å²) in [6, 6.07) is 7.31. The number of hydrogen-bond acceptors (Lipinski definition) is 3. The van der Waals surface area contributed by atoms with Crippen LogP contribution in [0.4, 0.5) is 0 Å². The van der Waals surface area contributed by atoms with E-state index in [1.165, 1.54) is 0 Å². The quantitative estimate of drug-likeness (QED) is 0.707. The van der Waals surface area contributed by atoms with Crippen molar-refractivity contribution in [2.45, 2.75) is 25.7 Å². The molecular formula is C10H16ClNO2. The molecule has 0 aliphatic carbocycles. The lowest BCUT2D eigenvalue weighted by Crippen LogP contribution is -2.16. The van der Waals surface area contributed by atoms with Crippen LogP contribution in [0.2, 0.25) is 0 Å². The van der Waals surface area contributed by atoms with Gasteiger partial charge in [0, 0.05) is 6.54 Å². The van der Waals surface area contributed by atoms with Crippen LogP contribution in [0.25, 0.3) is 0 Å². The Bertz CT molecular complexity index is 279. The molecule has 0 bridgehead atoms. The van der Waals surface area contributed by atoms with Gasteiger partial charge in [0.1, 0.15) is 6.10 Å². The van der Waals surface area contributed by atoms with Crippen molar-refractivity contribution in [2.75, 3.05) is 0 Å². The summed E-state index contributed by atoms with van der Waals surface area (Å²) in [6.45, 7) is 1.93. The minimum Gasteiger partial charge on any atom is -0.390 e. The molecule has 0 aliphatic rings. The second-order valence-corrected chi connectivity index (χ2v) is 3.09. The van der Waals surface area contributed by atoms with Gasteiger partial charge in [0.05, 0.1) is 6.10 Å². The van der Waals surface area contributed by atoms with Crippen molar-refractivity contribution in [1.82, 2.24) is 0 Å². The van der Waals surface area contributed by atoms with Gasteiger partial charge in [-0.25, -0.2) is 0 Å². The molecule has 1 aromatic carbocycles. The molecule has 0 fully saturated rings. The number of nitrogens with two attached hydrogens (primary N) is 1. The minimum atomic E-state index is -0.847. The molecule has 0 unspecified atom stereocenters. The average Bonchev–Trinajstić information content (AvgIpc) is 2.16. The Morgan fingerprint density at radius 1 is 1.29 bits per heavy atom. The van der Waals surface area contributed by atoms with Crippen LogP contribution in [0, 0.1) is 0 Å². The van der Waals surface area contributed by atoms with Gasteiger partial charge in [-0.15, -0.1) is 12.4 Å². The maximum Gasteiger partial charge on any atom is 0.105 e. The minimum absolute atomic E-state index is 0. The predicted molar refractivity (Wildman–Crippen MR) is 58.2 cm³/mol. The van der Waals surface area contributed by atoms with E-state index < -0.39 is 12.2 Å². The summed E-state index contributed by atoms with van der Waals surface area (Å²) in [4.78, 5) is 0. The monoisotopic (exact) mass is 217 g/mol. The fourth-order valence-corrected chi connectivity index (χ4v) is 1.27. The highest BCUT2D eigenvalue weighted by Crippen LogP contribution is 2.20. The fraction of sp³-hybridized carbons (Fsp3) is 0.400. The second kappa shape index (κ2) is 5.98. The molecule has 0 heterocycles. The third-order valence-corrected chi connectivity index (χ3v) is 2.05. The van der Waals surface area contributed by atoms with Crippen molar-refractivity contribution in [2.24, 2.45) is 5.73 Å². The Labute approximate surface area is 90.0 Å². The molecule has 4 heteroatoms. The van der Waals surface area contributed by atoms with E-state index in [1.54, 1.807) is 13.0 Å². The third kappa shape index (κ3) is 2.96. The molecule has 1 aromatic rings. The zero-order valence-electron chi connectivity index (χ0n) is 8.05. The topological polar surface area (TPSA) is 66.5 Å². The van der Waals surface area contributed by atoms with Gasteiger partial charge in [0.15, 0.2) is 0 Å². The second-order valence-electron chi connectivity index (χ2n) is 3.09. The summed E-state index contributed by atoms with van der Waals surface area (Å²) in [7, 11) is 0. The zero-order chi connectivity index (χ0) is 9.84. The van der Waals surface area contributed by atoms with E-state index in [-0.39, 0.29) is 12.4 Å². The highest BCUT2D eigenvalue weighted by Gasteiger charge is 2.15. The Hall–Kier alpha value is -0.610. The van der Waals surface area contributed by atoms with Gasteiger partial charge >= 0.3 is 0 Å². The Kier molecular flexibility index (Phi) is 5.72. The lowest BCUT2D eigenvalue weighted by molar-refractivity contribution is 0.0300. The molecule has 0 saturated heterocycles. The number of benzene rings is 1. The first-order chi connectivity index (χ1) is 6.16. The number of halogens is 1. The van der Waals surface area contributed by atoms with Gasteiger partial charge in [-0.2, -0.15) is 0 Å². The van der Waals surface area contributed by atoms with Gasteiger partial charge in [0.25, 0.3) is 0 Å². The summed E-state index contributed by atoms with van der Waals surface area (Å²) >= 11 is 0. The maximum absolute atomic E-state index is 9.60. The zero-order valence-corrected chi connectivity index (χ0v) is 8.87. The molecule has 14 heavy (non-hydrogen) atoms. The van der Waals surface area contributed by atoms with Gasteiger partial charge < -0.3 is 15.9 Å². The van der Waals surface area contributed by atoms with Crippen molar-refractivity contribution >= 4 is 12.4 Å². The molecule has 0 saturated carbocycles. The van der Waals surface area contributed by atoms with Gasteiger partial charge in [-0.05, 0) is 18.1 Å². The summed E-state index contributed by atoms with van der Waals surface area (Å²) in [5.41, 5.74) is 7.08. The lowest BCUT2D eigenvalue weighted by Gasteiger charge is -2.16. The van der Waals surface area contributed by atoms with Crippen LogP contribution in [-0.2, 0) is 6.54 Å². The highest BCUT2D eigenvalue weighted by molar-refractivity contribution is 5.85. The highest BCUT2D eigenvalue weighted by atomic mass is 35.5. The molecule has 1 rings (SSSR count). The van der Waals surface area contributed by atoms with Crippen molar-refractivity contribution in [3.63, 3.8) is 0 Å². The van der Waals surface area contributed by atoms with Crippen molar-refractivity contribution < 1.29 is 10.2 Å². The van der Waals surface area contributed by atoms with Crippen LogP contribution >= 0.6 is 12.4 Å². The van der Waals surface area contributed by atoms with E-state index >= 15 is 0 Å². The number of rotatable bonds is 3. The van der Waals surface area contributed by atoms with E-state index in [9.17, 15) is 10.2 Å². The van der Waals surface area contributed by atoms with E-state index in [0.29, 0.717) is 12.1 Å². The number of aliphatic hydroxyl groups excluding tert-OH is 2. The van der Waals surface area contributed by atoms with Crippen LogP contribution in [0.3, 0.4) is 0 Å². The average molecular weight is 218 g/mol. The third-order valence-electron chi connectivity index (χ3n) is 2.05.